The number of nitro benzene ring substituents is 1. The number of aromatic nitrogens is 1. The fraction of sp³-hybridized carbons (Fsp3) is 0.400. The lowest BCUT2D eigenvalue weighted by molar-refractivity contribution is -0.384. The van der Waals surface area contributed by atoms with E-state index in [4.69, 9.17) is 0 Å². The summed E-state index contributed by atoms with van der Waals surface area (Å²) in [4.78, 5) is 28.3. The number of nitrogens with one attached hydrogen (secondary N) is 2. The van der Waals surface area contributed by atoms with Gasteiger partial charge in [-0.2, -0.15) is 0 Å². The lowest BCUT2D eigenvalue weighted by Gasteiger charge is -2.18. The molecule has 1 aromatic carbocycles. The fourth-order valence-electron chi connectivity index (χ4n) is 2.74. The number of rotatable bonds is 4. The Morgan fingerprint density at radius 2 is 2.17 bits per heavy atom. The van der Waals surface area contributed by atoms with Gasteiger partial charge < -0.3 is 10.3 Å². The third-order valence-corrected chi connectivity index (χ3v) is 4.73. The van der Waals surface area contributed by atoms with E-state index in [0.29, 0.717) is 17.8 Å². The monoisotopic (exact) mass is 334 g/mol. The van der Waals surface area contributed by atoms with Crippen molar-refractivity contribution in [2.75, 3.05) is 26.2 Å². The van der Waals surface area contributed by atoms with E-state index in [9.17, 15) is 14.9 Å². The molecule has 7 nitrogen and oxygen atoms in total. The van der Waals surface area contributed by atoms with Crippen LogP contribution in [0.2, 0.25) is 0 Å². The lowest BCUT2D eigenvalue weighted by atomic mass is 10.1. The summed E-state index contributed by atoms with van der Waals surface area (Å²) in [6.07, 6.45) is 1.07. The van der Waals surface area contributed by atoms with Crippen LogP contribution >= 0.6 is 11.3 Å². The molecule has 2 heterocycles. The largest absolute Gasteiger partial charge is 0.315 e. The zero-order valence-corrected chi connectivity index (χ0v) is 13.4. The van der Waals surface area contributed by atoms with E-state index in [1.807, 2.05) is 0 Å². The predicted molar refractivity (Wildman–Crippen MR) is 89.8 cm³/mol. The van der Waals surface area contributed by atoms with Gasteiger partial charge in [-0.3, -0.25) is 19.8 Å². The molecule has 1 saturated heterocycles. The molecule has 0 amide bonds. The van der Waals surface area contributed by atoms with Gasteiger partial charge in [-0.1, -0.05) is 23.5 Å². The van der Waals surface area contributed by atoms with Gasteiger partial charge in [0.1, 0.15) is 0 Å². The van der Waals surface area contributed by atoms with E-state index >= 15 is 0 Å². The molecular formula is C15H18N4O3S. The van der Waals surface area contributed by atoms with Crippen molar-refractivity contribution < 1.29 is 4.92 Å². The van der Waals surface area contributed by atoms with E-state index in [0.717, 1.165) is 37.5 Å². The van der Waals surface area contributed by atoms with Crippen molar-refractivity contribution in [3.63, 3.8) is 0 Å². The fourth-order valence-corrected chi connectivity index (χ4v) is 3.64. The van der Waals surface area contributed by atoms with Crippen molar-refractivity contribution in [1.82, 2.24) is 15.2 Å². The summed E-state index contributed by atoms with van der Waals surface area (Å²) in [7, 11) is 0. The quantitative estimate of drug-likeness (QED) is 0.657. The Bertz CT molecular complexity index is 747. The molecule has 0 bridgehead atoms. The van der Waals surface area contributed by atoms with E-state index in [2.05, 4.69) is 15.2 Å². The van der Waals surface area contributed by atoms with Crippen LogP contribution in [0.15, 0.2) is 29.1 Å². The minimum Gasteiger partial charge on any atom is -0.315 e. The van der Waals surface area contributed by atoms with Gasteiger partial charge in [0.2, 0.25) is 0 Å². The molecule has 0 atom stereocenters. The first-order valence-electron chi connectivity index (χ1n) is 7.53. The number of hydrogen-bond acceptors (Lipinski definition) is 6. The van der Waals surface area contributed by atoms with E-state index in [1.54, 1.807) is 12.1 Å². The van der Waals surface area contributed by atoms with Crippen molar-refractivity contribution in [1.29, 1.82) is 0 Å². The SMILES string of the molecule is O=c1[nH]c(-c2cccc([N+](=O)[O-])c2)c(CN2CCCNCC2)s1. The minimum atomic E-state index is -0.423. The van der Waals surface area contributed by atoms with Gasteiger partial charge in [-0.25, -0.2) is 0 Å². The second-order valence-electron chi connectivity index (χ2n) is 5.50. The Kier molecular flexibility index (Phi) is 4.85. The van der Waals surface area contributed by atoms with Gasteiger partial charge in [-0.15, -0.1) is 0 Å². The predicted octanol–water partition coefficient (Wildman–Crippen LogP) is 1.81. The molecule has 2 aromatic rings. The van der Waals surface area contributed by atoms with E-state index < -0.39 is 4.92 Å². The number of nitro groups is 1. The van der Waals surface area contributed by atoms with Crippen LogP contribution in [-0.2, 0) is 6.54 Å². The Morgan fingerprint density at radius 1 is 1.30 bits per heavy atom. The smallest absolute Gasteiger partial charge is 0.305 e. The number of nitrogens with zero attached hydrogens (tertiary/aromatic N) is 2. The number of thiazole rings is 1. The Hall–Kier alpha value is -2.03. The summed E-state index contributed by atoms with van der Waals surface area (Å²) in [5.41, 5.74) is 1.40. The van der Waals surface area contributed by atoms with E-state index in [1.165, 1.54) is 23.5 Å². The highest BCUT2D eigenvalue weighted by Gasteiger charge is 2.17. The molecule has 0 aliphatic carbocycles. The highest BCUT2D eigenvalue weighted by Crippen LogP contribution is 2.27. The number of aromatic amines is 1. The molecule has 2 N–H and O–H groups in total. The number of hydrogen-bond donors (Lipinski definition) is 2. The van der Waals surface area contributed by atoms with Crippen LogP contribution < -0.4 is 10.2 Å². The Morgan fingerprint density at radius 3 is 3.00 bits per heavy atom. The summed E-state index contributed by atoms with van der Waals surface area (Å²) in [5, 5.41) is 14.3. The maximum atomic E-state index is 11.8. The topological polar surface area (TPSA) is 91.3 Å². The van der Waals surface area contributed by atoms with Gasteiger partial charge in [0.25, 0.3) is 5.69 Å². The Labute approximate surface area is 137 Å². The average molecular weight is 334 g/mol. The van der Waals surface area contributed by atoms with Crippen LogP contribution in [0, 0.1) is 10.1 Å². The molecular weight excluding hydrogens is 316 g/mol. The molecule has 1 aliphatic rings. The molecule has 122 valence electrons. The average Bonchev–Trinajstić information content (AvgIpc) is 2.73. The highest BCUT2D eigenvalue weighted by atomic mass is 32.1. The van der Waals surface area contributed by atoms with Crippen molar-refractivity contribution in [2.24, 2.45) is 0 Å². The maximum Gasteiger partial charge on any atom is 0.305 e. The third-order valence-electron chi connectivity index (χ3n) is 3.87. The highest BCUT2D eigenvalue weighted by molar-refractivity contribution is 7.09. The zero-order valence-electron chi connectivity index (χ0n) is 12.6. The number of benzene rings is 1. The summed E-state index contributed by atoms with van der Waals surface area (Å²) < 4.78 is 0. The molecule has 1 fully saturated rings. The lowest BCUT2D eigenvalue weighted by Crippen LogP contribution is -2.27. The normalized spacial score (nSPS) is 16.2. The van der Waals surface area contributed by atoms with Crippen LogP contribution in [-0.4, -0.2) is 41.0 Å². The summed E-state index contributed by atoms with van der Waals surface area (Å²) in [6.45, 7) is 4.54. The van der Waals surface area contributed by atoms with Crippen LogP contribution in [0.1, 0.15) is 11.3 Å². The molecule has 0 saturated carbocycles. The molecule has 23 heavy (non-hydrogen) atoms. The van der Waals surface area contributed by atoms with Gasteiger partial charge in [0, 0.05) is 42.2 Å². The van der Waals surface area contributed by atoms with Crippen molar-refractivity contribution in [3.8, 4) is 11.3 Å². The first-order chi connectivity index (χ1) is 11.1. The third kappa shape index (κ3) is 3.84. The van der Waals surface area contributed by atoms with Crippen molar-refractivity contribution >= 4 is 17.0 Å². The van der Waals surface area contributed by atoms with Crippen LogP contribution in [0.5, 0.6) is 0 Å². The van der Waals surface area contributed by atoms with Gasteiger partial charge in [0.05, 0.1) is 10.6 Å². The van der Waals surface area contributed by atoms with Crippen molar-refractivity contribution in [3.05, 3.63) is 48.9 Å². The zero-order chi connectivity index (χ0) is 16.2. The molecule has 3 rings (SSSR count). The maximum absolute atomic E-state index is 11.8. The minimum absolute atomic E-state index is 0.0273. The molecule has 0 radical (unpaired) electrons. The molecule has 0 unspecified atom stereocenters. The Balaban J connectivity index is 1.89. The second kappa shape index (κ2) is 7.03. The molecule has 1 aromatic heterocycles. The van der Waals surface area contributed by atoms with Gasteiger partial charge in [-0.05, 0) is 19.5 Å². The first kappa shape index (κ1) is 15.9. The van der Waals surface area contributed by atoms with Crippen LogP contribution in [0.3, 0.4) is 0 Å². The van der Waals surface area contributed by atoms with E-state index in [-0.39, 0.29) is 10.6 Å². The summed E-state index contributed by atoms with van der Waals surface area (Å²) in [5.74, 6) is 0. The second-order valence-corrected chi connectivity index (χ2v) is 6.57. The van der Waals surface area contributed by atoms with Crippen LogP contribution in [0.4, 0.5) is 5.69 Å². The summed E-state index contributed by atoms with van der Waals surface area (Å²) in [6, 6.07) is 6.39. The molecule has 1 aliphatic heterocycles. The number of non-ortho nitro benzene ring substituents is 1. The van der Waals surface area contributed by atoms with Crippen LogP contribution in [0.25, 0.3) is 11.3 Å². The molecule has 8 heteroatoms. The standard InChI is InChI=1S/C15H18N4O3S/c20-15-17-14(11-3-1-4-12(9-11)19(21)22)13(23-15)10-18-7-2-5-16-6-8-18/h1,3-4,9,16H,2,5-8,10H2,(H,17,20). The van der Waals surface area contributed by atoms with Gasteiger partial charge >= 0.3 is 4.87 Å². The van der Waals surface area contributed by atoms with Crippen molar-refractivity contribution in [2.45, 2.75) is 13.0 Å². The summed E-state index contributed by atoms with van der Waals surface area (Å²) >= 11 is 1.18. The first-order valence-corrected chi connectivity index (χ1v) is 8.35. The van der Waals surface area contributed by atoms with Gasteiger partial charge in [0.15, 0.2) is 0 Å². The molecule has 0 spiro atoms. The number of H-pyrrole nitrogens is 1.